The Morgan fingerprint density at radius 2 is 1.64 bits per heavy atom. The van der Waals surface area contributed by atoms with Gasteiger partial charge in [0.2, 0.25) is 0 Å². The Bertz CT molecular complexity index is 946. The van der Waals surface area contributed by atoms with E-state index in [9.17, 15) is 23.4 Å². The summed E-state index contributed by atoms with van der Waals surface area (Å²) in [6.45, 7) is 3.17. The predicted octanol–water partition coefficient (Wildman–Crippen LogP) is 4.79. The molecule has 0 amide bonds. The van der Waals surface area contributed by atoms with Crippen molar-refractivity contribution in [3.63, 3.8) is 0 Å². The maximum atomic E-state index is 13.5. The lowest BCUT2D eigenvalue weighted by Gasteiger charge is -2.13. The van der Waals surface area contributed by atoms with Gasteiger partial charge in [0.25, 0.3) is 0 Å². The number of aromatic nitrogens is 2. The van der Waals surface area contributed by atoms with E-state index in [1.165, 1.54) is 19.1 Å². The van der Waals surface area contributed by atoms with Crippen LogP contribution in [0.15, 0.2) is 36.4 Å². The zero-order valence-corrected chi connectivity index (χ0v) is 13.4. The van der Waals surface area contributed by atoms with Crippen molar-refractivity contribution in [2.24, 2.45) is 0 Å². The van der Waals surface area contributed by atoms with Crippen LogP contribution in [0.3, 0.4) is 0 Å². The molecule has 3 N–H and O–H groups in total. The lowest BCUT2D eigenvalue weighted by atomic mass is 9.94. The topological polar surface area (TPSA) is 69.1 Å². The molecule has 0 saturated carbocycles. The number of aromatic hydroxyl groups is 2. The van der Waals surface area contributed by atoms with Crippen LogP contribution >= 0.6 is 0 Å². The molecule has 7 heteroatoms. The lowest BCUT2D eigenvalue weighted by molar-refractivity contribution is -0.140. The van der Waals surface area contributed by atoms with Crippen molar-refractivity contribution in [1.29, 1.82) is 0 Å². The SMILES string of the molecule is Cc1ccccc1-c1c(-c2ccc(O)c(C)c2O)n[nH]c1C(F)(F)F. The van der Waals surface area contributed by atoms with Crippen LogP contribution in [0.1, 0.15) is 16.8 Å². The summed E-state index contributed by atoms with van der Waals surface area (Å²) in [5.41, 5.74) is 0.148. The first-order valence-corrected chi connectivity index (χ1v) is 7.45. The van der Waals surface area contributed by atoms with Crippen LogP contribution in [0, 0.1) is 13.8 Å². The molecule has 0 saturated heterocycles. The molecular weight excluding hydrogens is 333 g/mol. The minimum absolute atomic E-state index is 0.0257. The summed E-state index contributed by atoms with van der Waals surface area (Å²) >= 11 is 0. The van der Waals surface area contributed by atoms with E-state index in [4.69, 9.17) is 0 Å². The second kappa shape index (κ2) is 5.84. The van der Waals surface area contributed by atoms with Crippen LogP contribution in [-0.2, 0) is 6.18 Å². The van der Waals surface area contributed by atoms with Gasteiger partial charge in [0.05, 0.1) is 0 Å². The first kappa shape index (κ1) is 16.9. The van der Waals surface area contributed by atoms with Gasteiger partial charge >= 0.3 is 6.18 Å². The molecule has 3 aromatic rings. The number of hydrogen-bond donors (Lipinski definition) is 3. The average Bonchev–Trinajstić information content (AvgIpc) is 2.98. The van der Waals surface area contributed by atoms with E-state index in [-0.39, 0.29) is 33.9 Å². The number of H-pyrrole nitrogens is 1. The van der Waals surface area contributed by atoms with Gasteiger partial charge in [-0.05, 0) is 37.1 Å². The normalized spacial score (nSPS) is 11.7. The summed E-state index contributed by atoms with van der Waals surface area (Å²) < 4.78 is 40.4. The molecule has 0 radical (unpaired) electrons. The van der Waals surface area contributed by atoms with Gasteiger partial charge in [0.1, 0.15) is 22.9 Å². The van der Waals surface area contributed by atoms with E-state index in [2.05, 4.69) is 10.2 Å². The van der Waals surface area contributed by atoms with Gasteiger partial charge in [-0.1, -0.05) is 24.3 Å². The highest BCUT2D eigenvalue weighted by molar-refractivity contribution is 5.87. The predicted molar refractivity (Wildman–Crippen MR) is 87.3 cm³/mol. The van der Waals surface area contributed by atoms with Crippen molar-refractivity contribution < 1.29 is 23.4 Å². The van der Waals surface area contributed by atoms with E-state index in [1.807, 2.05) is 0 Å². The summed E-state index contributed by atoms with van der Waals surface area (Å²) in [5, 5.41) is 25.8. The monoisotopic (exact) mass is 348 g/mol. The Kier molecular flexibility index (Phi) is 3.94. The minimum Gasteiger partial charge on any atom is -0.508 e. The number of aromatic amines is 1. The number of nitrogens with one attached hydrogen (secondary N) is 1. The quantitative estimate of drug-likeness (QED) is 0.624. The standard InChI is InChI=1S/C18H15F3N2O2/c1-9-5-3-4-6-11(9)14-15(22-23-17(14)18(19,20)21)12-7-8-13(24)10(2)16(12)25/h3-8,24-25H,1-2H3,(H,22,23). The third kappa shape index (κ3) is 2.82. The average molecular weight is 348 g/mol. The van der Waals surface area contributed by atoms with Gasteiger partial charge in [-0.3, -0.25) is 5.10 Å². The number of nitrogens with zero attached hydrogens (tertiary/aromatic N) is 1. The number of phenols is 2. The fourth-order valence-corrected chi connectivity index (χ4v) is 2.74. The van der Waals surface area contributed by atoms with E-state index in [0.29, 0.717) is 11.1 Å². The summed E-state index contributed by atoms with van der Waals surface area (Å²) in [7, 11) is 0. The first-order valence-electron chi connectivity index (χ1n) is 7.45. The Balaban J connectivity index is 2.35. The smallest absolute Gasteiger partial charge is 0.433 e. The maximum Gasteiger partial charge on any atom is 0.433 e. The summed E-state index contributed by atoms with van der Waals surface area (Å²) in [6, 6.07) is 9.30. The van der Waals surface area contributed by atoms with Gasteiger partial charge in [-0.25, -0.2) is 0 Å². The molecule has 0 aliphatic heterocycles. The van der Waals surface area contributed by atoms with E-state index < -0.39 is 11.9 Å². The number of alkyl halides is 3. The van der Waals surface area contributed by atoms with Gasteiger partial charge in [0, 0.05) is 16.7 Å². The summed E-state index contributed by atoms with van der Waals surface area (Å²) in [4.78, 5) is 0. The number of benzene rings is 2. The van der Waals surface area contributed by atoms with Gasteiger partial charge in [-0.15, -0.1) is 0 Å². The molecule has 0 aliphatic rings. The maximum absolute atomic E-state index is 13.5. The van der Waals surface area contributed by atoms with Crippen LogP contribution in [-0.4, -0.2) is 20.4 Å². The van der Waals surface area contributed by atoms with Crippen LogP contribution in [0.2, 0.25) is 0 Å². The molecule has 2 aromatic carbocycles. The zero-order valence-electron chi connectivity index (χ0n) is 13.4. The first-order chi connectivity index (χ1) is 11.7. The molecule has 0 atom stereocenters. The van der Waals surface area contributed by atoms with Gasteiger partial charge < -0.3 is 10.2 Å². The minimum atomic E-state index is -4.63. The fourth-order valence-electron chi connectivity index (χ4n) is 2.74. The number of phenolic OH excluding ortho intramolecular Hbond substituents is 2. The molecular formula is C18H15F3N2O2. The number of rotatable bonds is 2. The third-order valence-electron chi connectivity index (χ3n) is 4.12. The van der Waals surface area contributed by atoms with Crippen molar-refractivity contribution >= 4 is 0 Å². The molecule has 130 valence electrons. The van der Waals surface area contributed by atoms with Crippen molar-refractivity contribution in [3.8, 4) is 33.9 Å². The summed E-state index contributed by atoms with van der Waals surface area (Å²) in [6.07, 6.45) is -4.63. The van der Waals surface area contributed by atoms with E-state index in [1.54, 1.807) is 31.2 Å². The molecule has 1 aromatic heterocycles. The van der Waals surface area contributed by atoms with Crippen molar-refractivity contribution in [1.82, 2.24) is 10.2 Å². The molecule has 0 aliphatic carbocycles. The lowest BCUT2D eigenvalue weighted by Crippen LogP contribution is -2.07. The number of halogens is 3. The highest BCUT2D eigenvalue weighted by Gasteiger charge is 2.38. The molecule has 0 unspecified atom stereocenters. The van der Waals surface area contributed by atoms with Crippen molar-refractivity contribution in [2.75, 3.05) is 0 Å². The van der Waals surface area contributed by atoms with Crippen LogP contribution in [0.5, 0.6) is 11.5 Å². The highest BCUT2D eigenvalue weighted by Crippen LogP contribution is 2.45. The number of aryl methyl sites for hydroxylation is 1. The zero-order chi connectivity index (χ0) is 18.4. The molecule has 3 rings (SSSR count). The van der Waals surface area contributed by atoms with Crippen molar-refractivity contribution in [2.45, 2.75) is 20.0 Å². The van der Waals surface area contributed by atoms with Crippen LogP contribution < -0.4 is 0 Å². The fraction of sp³-hybridized carbons (Fsp3) is 0.167. The Hall–Kier alpha value is -2.96. The molecule has 25 heavy (non-hydrogen) atoms. The van der Waals surface area contributed by atoms with Crippen LogP contribution in [0.25, 0.3) is 22.4 Å². The Labute approximate surface area is 141 Å². The number of hydrogen-bond acceptors (Lipinski definition) is 3. The molecule has 0 spiro atoms. The van der Waals surface area contributed by atoms with E-state index >= 15 is 0 Å². The van der Waals surface area contributed by atoms with Gasteiger partial charge in [-0.2, -0.15) is 18.3 Å². The molecule has 0 bridgehead atoms. The molecule has 1 heterocycles. The molecule has 0 fully saturated rings. The summed E-state index contributed by atoms with van der Waals surface area (Å²) in [5.74, 6) is -0.458. The Morgan fingerprint density at radius 1 is 0.960 bits per heavy atom. The van der Waals surface area contributed by atoms with Crippen LogP contribution in [0.4, 0.5) is 13.2 Å². The Morgan fingerprint density at radius 3 is 2.28 bits per heavy atom. The largest absolute Gasteiger partial charge is 0.508 e. The molecule has 4 nitrogen and oxygen atoms in total. The highest BCUT2D eigenvalue weighted by atomic mass is 19.4. The second-order valence-corrected chi connectivity index (χ2v) is 5.74. The third-order valence-corrected chi connectivity index (χ3v) is 4.12. The second-order valence-electron chi connectivity index (χ2n) is 5.74. The van der Waals surface area contributed by atoms with Gasteiger partial charge in [0.15, 0.2) is 0 Å². The van der Waals surface area contributed by atoms with Crippen molar-refractivity contribution in [3.05, 3.63) is 53.2 Å². The van der Waals surface area contributed by atoms with E-state index in [0.717, 1.165) is 0 Å².